The minimum atomic E-state index is -2.03. The molecule has 4 rings (SSSR count). The first-order valence-electron chi connectivity index (χ1n) is 13.1. The summed E-state index contributed by atoms with van der Waals surface area (Å²) in [5.74, 6) is 0.762. The van der Waals surface area contributed by atoms with E-state index in [2.05, 4.69) is 74.1 Å². The molecule has 1 aromatic heterocycles. The number of hydrogen-bond acceptors (Lipinski definition) is 4. The topological polar surface area (TPSA) is 34.6 Å². The van der Waals surface area contributed by atoms with E-state index in [-0.39, 0.29) is 23.0 Å². The predicted molar refractivity (Wildman–Crippen MR) is 161 cm³/mol. The zero-order valence-electron chi connectivity index (χ0n) is 22.8. The number of ether oxygens (including phenoxy) is 1. The number of aromatic nitrogens is 1. The van der Waals surface area contributed by atoms with Crippen molar-refractivity contribution in [2.24, 2.45) is 5.92 Å². The first kappa shape index (κ1) is 29.4. The molecule has 38 heavy (non-hydrogen) atoms. The van der Waals surface area contributed by atoms with Crippen LogP contribution in [0, 0.1) is 5.92 Å². The number of pyridine rings is 1. The Kier molecular flexibility index (Phi) is 9.50. The summed E-state index contributed by atoms with van der Waals surface area (Å²) < 4.78 is 13.3. The van der Waals surface area contributed by atoms with Crippen LogP contribution < -0.4 is 4.74 Å². The predicted octanol–water partition coefficient (Wildman–Crippen LogP) is 8.73. The third-order valence-corrected chi connectivity index (χ3v) is 13.5. The smallest absolute Gasteiger partial charge is 0.213 e. The zero-order valence-corrected chi connectivity index (χ0v) is 26.0. The van der Waals surface area contributed by atoms with Crippen LogP contribution in [-0.2, 0) is 11.0 Å². The van der Waals surface area contributed by atoms with Crippen LogP contribution in [0.4, 0.5) is 0 Å². The van der Waals surface area contributed by atoms with Gasteiger partial charge in [0.1, 0.15) is 6.10 Å². The molecular formula is C30H37Cl3N2O2Si. The molecule has 0 spiro atoms. The van der Waals surface area contributed by atoms with Crippen LogP contribution in [0.2, 0.25) is 33.2 Å². The highest BCUT2D eigenvalue weighted by molar-refractivity contribution is 6.74. The Hall–Kier alpha value is -1.60. The van der Waals surface area contributed by atoms with Crippen LogP contribution in [0.3, 0.4) is 0 Å². The molecule has 1 saturated heterocycles. The monoisotopic (exact) mass is 590 g/mol. The van der Waals surface area contributed by atoms with E-state index in [4.69, 9.17) is 44.0 Å². The van der Waals surface area contributed by atoms with Gasteiger partial charge in [-0.1, -0.05) is 98.0 Å². The molecule has 0 N–H and O–H groups in total. The third kappa shape index (κ3) is 7.12. The number of benzene rings is 2. The van der Waals surface area contributed by atoms with Gasteiger partial charge in [-0.3, -0.25) is 4.90 Å². The van der Waals surface area contributed by atoms with Gasteiger partial charge in [0.05, 0.1) is 21.7 Å². The fourth-order valence-corrected chi connectivity index (χ4v) is 6.31. The highest BCUT2D eigenvalue weighted by atomic mass is 35.5. The molecule has 4 nitrogen and oxygen atoms in total. The summed E-state index contributed by atoms with van der Waals surface area (Å²) in [4.78, 5) is 6.91. The van der Waals surface area contributed by atoms with Gasteiger partial charge in [0.25, 0.3) is 0 Å². The molecule has 0 saturated carbocycles. The lowest BCUT2D eigenvalue weighted by Gasteiger charge is -2.38. The fourth-order valence-electron chi connectivity index (χ4n) is 4.74. The van der Waals surface area contributed by atoms with Crippen molar-refractivity contribution in [3.8, 4) is 5.88 Å². The van der Waals surface area contributed by atoms with E-state index in [1.54, 1.807) is 12.3 Å². The Bertz CT molecular complexity index is 1200. The number of halogens is 3. The van der Waals surface area contributed by atoms with E-state index >= 15 is 0 Å². The number of rotatable bonds is 9. The molecule has 1 fully saturated rings. The molecule has 0 bridgehead atoms. The van der Waals surface area contributed by atoms with Crippen LogP contribution in [0.5, 0.6) is 5.88 Å². The van der Waals surface area contributed by atoms with E-state index in [0.717, 1.165) is 25.2 Å². The van der Waals surface area contributed by atoms with E-state index in [1.807, 2.05) is 24.3 Å². The maximum Gasteiger partial charge on any atom is 0.213 e. The molecule has 2 heterocycles. The van der Waals surface area contributed by atoms with E-state index in [9.17, 15) is 0 Å². The zero-order chi connectivity index (χ0) is 27.5. The largest absolute Gasteiger partial charge is 0.472 e. The summed E-state index contributed by atoms with van der Waals surface area (Å²) in [7, 11) is -2.03. The third-order valence-electron chi connectivity index (χ3n) is 7.94. The van der Waals surface area contributed by atoms with Gasteiger partial charge in [0.15, 0.2) is 8.32 Å². The van der Waals surface area contributed by atoms with Crippen LogP contribution in [0.25, 0.3) is 0 Å². The molecule has 1 aliphatic rings. The highest BCUT2D eigenvalue weighted by Gasteiger charge is 2.43. The van der Waals surface area contributed by atoms with Crippen molar-refractivity contribution in [2.45, 2.75) is 57.5 Å². The summed E-state index contributed by atoms with van der Waals surface area (Å²) >= 11 is 19.4. The van der Waals surface area contributed by atoms with Crippen LogP contribution in [0.15, 0.2) is 66.9 Å². The second-order valence-corrected chi connectivity index (χ2v) is 17.7. The first-order valence-corrected chi connectivity index (χ1v) is 17.1. The van der Waals surface area contributed by atoms with Crippen molar-refractivity contribution < 1.29 is 9.16 Å². The number of likely N-dealkylation sites (tertiary alicyclic amines) is 1. The second kappa shape index (κ2) is 12.3. The Morgan fingerprint density at radius 1 is 0.974 bits per heavy atom. The fraction of sp³-hybridized carbons (Fsp3) is 0.433. The van der Waals surface area contributed by atoms with Gasteiger partial charge in [-0.15, -0.1) is 0 Å². The molecule has 0 unspecified atom stereocenters. The van der Waals surface area contributed by atoms with Gasteiger partial charge in [-0.25, -0.2) is 4.98 Å². The molecule has 0 aliphatic carbocycles. The molecule has 204 valence electrons. The van der Waals surface area contributed by atoms with Crippen molar-refractivity contribution >= 4 is 43.1 Å². The Labute approximate surface area is 243 Å². The van der Waals surface area contributed by atoms with E-state index in [1.165, 1.54) is 5.56 Å². The molecule has 8 heteroatoms. The lowest BCUT2D eigenvalue weighted by atomic mass is 9.85. The van der Waals surface area contributed by atoms with Gasteiger partial charge >= 0.3 is 0 Å². The molecule has 0 amide bonds. The SMILES string of the molecule is CC(C)(C)[Si](C)(C)OC[C@H](Oc1ccc(Cl)cn1)[C@H]1CN(Cc2ccccc2)C[C@@H]1c1cccc(Cl)c1Cl. The molecular weight excluding hydrogens is 555 g/mol. The van der Waals surface area contributed by atoms with Gasteiger partial charge < -0.3 is 9.16 Å². The van der Waals surface area contributed by atoms with Crippen LogP contribution in [-0.4, -0.2) is 44.0 Å². The molecule has 0 radical (unpaired) electrons. The maximum atomic E-state index is 6.80. The summed E-state index contributed by atoms with van der Waals surface area (Å²) in [6, 6.07) is 20.1. The van der Waals surface area contributed by atoms with Crippen LogP contribution in [0.1, 0.15) is 37.8 Å². The summed E-state index contributed by atoms with van der Waals surface area (Å²) in [5.41, 5.74) is 2.32. The van der Waals surface area contributed by atoms with Gasteiger partial charge in [0.2, 0.25) is 5.88 Å². The minimum Gasteiger partial charge on any atom is -0.472 e. The second-order valence-electron chi connectivity index (χ2n) is 11.6. The van der Waals surface area contributed by atoms with Gasteiger partial charge in [-0.2, -0.15) is 0 Å². The average Bonchev–Trinajstić information content (AvgIpc) is 3.27. The summed E-state index contributed by atoms with van der Waals surface area (Å²) in [6.07, 6.45) is 1.38. The van der Waals surface area contributed by atoms with Crippen LogP contribution >= 0.6 is 34.8 Å². The van der Waals surface area contributed by atoms with Crippen molar-refractivity contribution in [1.29, 1.82) is 0 Å². The van der Waals surface area contributed by atoms with Crippen molar-refractivity contribution in [3.05, 3.63) is 93.1 Å². The van der Waals surface area contributed by atoms with Gasteiger partial charge in [0, 0.05) is 43.7 Å². The maximum absolute atomic E-state index is 6.80. The van der Waals surface area contributed by atoms with Crippen molar-refractivity contribution in [2.75, 3.05) is 19.7 Å². The quantitative estimate of drug-likeness (QED) is 0.233. The molecule has 2 aromatic carbocycles. The highest BCUT2D eigenvalue weighted by Crippen LogP contribution is 2.43. The van der Waals surface area contributed by atoms with Gasteiger partial charge in [-0.05, 0) is 41.4 Å². The minimum absolute atomic E-state index is 0.0841. The molecule has 3 atom stereocenters. The first-order chi connectivity index (χ1) is 17.9. The Morgan fingerprint density at radius 2 is 1.71 bits per heavy atom. The lowest BCUT2D eigenvalue weighted by molar-refractivity contribution is 0.0650. The van der Waals surface area contributed by atoms with E-state index in [0.29, 0.717) is 27.6 Å². The average molecular weight is 592 g/mol. The summed E-state index contributed by atoms with van der Waals surface area (Å²) in [6.45, 7) is 14.3. The Balaban J connectivity index is 1.68. The molecule has 1 aliphatic heterocycles. The summed E-state index contributed by atoms with van der Waals surface area (Å²) in [5, 5.41) is 1.84. The van der Waals surface area contributed by atoms with Crippen molar-refractivity contribution in [1.82, 2.24) is 9.88 Å². The molecule has 3 aromatic rings. The Morgan fingerprint density at radius 3 is 2.37 bits per heavy atom. The van der Waals surface area contributed by atoms with E-state index < -0.39 is 8.32 Å². The number of nitrogens with zero attached hydrogens (tertiary/aromatic N) is 2. The normalized spacial score (nSPS) is 19.5. The number of hydrogen-bond donors (Lipinski definition) is 0. The van der Waals surface area contributed by atoms with Crippen molar-refractivity contribution in [3.63, 3.8) is 0 Å². The lowest BCUT2D eigenvalue weighted by Crippen LogP contribution is -2.45. The standard InChI is InChI=1S/C30H37Cl3N2O2Si/c1-30(2,3)38(4,5)36-20-27(37-28-15-14-22(31)16-34-28)25-19-35(17-21-10-7-6-8-11-21)18-24(25)23-12-9-13-26(32)29(23)33/h6-16,24-25,27H,17-20H2,1-5H3/t24-,25+,27+/m1/s1.